The number of hydrogen-bond acceptors (Lipinski definition) is 4. The van der Waals surface area contributed by atoms with Gasteiger partial charge < -0.3 is 25.7 Å². The lowest BCUT2D eigenvalue weighted by molar-refractivity contribution is -0.137. The Kier molecular flexibility index (Phi) is 4.49. The lowest BCUT2D eigenvalue weighted by atomic mass is 10.1. The van der Waals surface area contributed by atoms with Gasteiger partial charge in [-0.1, -0.05) is 0 Å². The number of carbonyl (C=O) groups excluding carboxylic acids is 2. The van der Waals surface area contributed by atoms with Crippen LogP contribution in [0.5, 0.6) is 0 Å². The van der Waals surface area contributed by atoms with Crippen LogP contribution < -0.4 is 10.6 Å². The zero-order valence-electron chi connectivity index (χ0n) is 10.1. The molecule has 0 saturated carbocycles. The Morgan fingerprint density at radius 3 is 2.44 bits per heavy atom. The van der Waals surface area contributed by atoms with E-state index in [1.54, 1.807) is 6.92 Å². The van der Waals surface area contributed by atoms with E-state index in [4.69, 9.17) is 5.11 Å². The van der Waals surface area contributed by atoms with Gasteiger partial charge in [0.15, 0.2) is 0 Å². The van der Waals surface area contributed by atoms with Crippen LogP contribution in [-0.2, 0) is 9.59 Å². The molecule has 1 atom stereocenters. The standard InChI is InChI=1S/C10H17N3O5/c1-10(18)2-3-13(6-10)9(17)12-4-7(14)11-5-8(15)16/h18H,2-6H2,1H3,(H,11,14)(H,12,17)(H,15,16). The molecule has 0 spiro atoms. The van der Waals surface area contributed by atoms with Crippen LogP contribution in [0.2, 0.25) is 0 Å². The van der Waals surface area contributed by atoms with Crippen LogP contribution in [0.25, 0.3) is 0 Å². The molecule has 1 heterocycles. The number of rotatable bonds is 4. The fraction of sp³-hybridized carbons (Fsp3) is 0.700. The van der Waals surface area contributed by atoms with Gasteiger partial charge >= 0.3 is 12.0 Å². The quantitative estimate of drug-likeness (QED) is 0.482. The molecule has 18 heavy (non-hydrogen) atoms. The van der Waals surface area contributed by atoms with Gasteiger partial charge in [-0.3, -0.25) is 9.59 Å². The van der Waals surface area contributed by atoms with Crippen LogP contribution in [0.15, 0.2) is 0 Å². The summed E-state index contributed by atoms with van der Waals surface area (Å²) in [6.45, 7) is 1.52. The van der Waals surface area contributed by atoms with Crippen LogP contribution in [0, 0.1) is 0 Å². The molecule has 1 unspecified atom stereocenters. The predicted molar refractivity (Wildman–Crippen MR) is 60.9 cm³/mol. The third kappa shape index (κ3) is 4.58. The molecule has 4 N–H and O–H groups in total. The fourth-order valence-electron chi connectivity index (χ4n) is 1.62. The molecule has 8 nitrogen and oxygen atoms in total. The number of carbonyl (C=O) groups is 3. The maximum Gasteiger partial charge on any atom is 0.322 e. The molecule has 0 aromatic heterocycles. The smallest absolute Gasteiger partial charge is 0.322 e. The molecule has 1 fully saturated rings. The van der Waals surface area contributed by atoms with E-state index in [1.165, 1.54) is 4.90 Å². The summed E-state index contributed by atoms with van der Waals surface area (Å²) in [7, 11) is 0. The molecule has 3 amide bonds. The van der Waals surface area contributed by atoms with E-state index in [0.29, 0.717) is 13.0 Å². The van der Waals surface area contributed by atoms with Gasteiger partial charge in [-0.05, 0) is 13.3 Å². The van der Waals surface area contributed by atoms with Crippen molar-refractivity contribution < 1.29 is 24.6 Å². The average molecular weight is 259 g/mol. The summed E-state index contributed by atoms with van der Waals surface area (Å²) < 4.78 is 0. The minimum absolute atomic E-state index is 0.218. The van der Waals surface area contributed by atoms with Gasteiger partial charge in [0.05, 0.1) is 18.7 Å². The molecule has 1 saturated heterocycles. The maximum absolute atomic E-state index is 11.6. The van der Waals surface area contributed by atoms with E-state index in [1.807, 2.05) is 0 Å². The van der Waals surface area contributed by atoms with Crippen molar-refractivity contribution in [3.63, 3.8) is 0 Å². The molecule has 0 aliphatic carbocycles. The number of carboxylic acids is 1. The summed E-state index contributed by atoms with van der Waals surface area (Å²) in [4.78, 5) is 34.3. The second kappa shape index (κ2) is 5.67. The van der Waals surface area contributed by atoms with Crippen molar-refractivity contribution in [2.24, 2.45) is 0 Å². The van der Waals surface area contributed by atoms with Gasteiger partial charge in [0, 0.05) is 6.54 Å². The first-order chi connectivity index (χ1) is 8.30. The Balaban J connectivity index is 2.25. The molecule has 0 bridgehead atoms. The average Bonchev–Trinajstić information content (AvgIpc) is 2.63. The Morgan fingerprint density at radius 1 is 1.28 bits per heavy atom. The summed E-state index contributed by atoms with van der Waals surface area (Å²) in [5, 5.41) is 22.5. The van der Waals surface area contributed by atoms with E-state index >= 15 is 0 Å². The highest BCUT2D eigenvalue weighted by Crippen LogP contribution is 2.19. The first-order valence-electron chi connectivity index (χ1n) is 5.54. The highest BCUT2D eigenvalue weighted by atomic mass is 16.4. The predicted octanol–water partition coefficient (Wildman–Crippen LogP) is -1.65. The Morgan fingerprint density at radius 2 is 1.94 bits per heavy atom. The third-order valence-electron chi connectivity index (χ3n) is 2.58. The van der Waals surface area contributed by atoms with Gasteiger partial charge in [0.1, 0.15) is 6.54 Å². The van der Waals surface area contributed by atoms with E-state index in [-0.39, 0.29) is 13.1 Å². The highest BCUT2D eigenvalue weighted by molar-refractivity contribution is 5.86. The summed E-state index contributed by atoms with van der Waals surface area (Å²) >= 11 is 0. The van der Waals surface area contributed by atoms with E-state index in [2.05, 4.69) is 10.6 Å². The summed E-state index contributed by atoms with van der Waals surface area (Å²) in [5.41, 5.74) is -0.886. The van der Waals surface area contributed by atoms with Crippen molar-refractivity contribution in [1.29, 1.82) is 0 Å². The first kappa shape index (κ1) is 14.2. The highest BCUT2D eigenvalue weighted by Gasteiger charge is 2.33. The number of hydrogen-bond donors (Lipinski definition) is 4. The number of urea groups is 1. The number of nitrogens with one attached hydrogen (secondary N) is 2. The van der Waals surface area contributed by atoms with E-state index in [9.17, 15) is 19.5 Å². The largest absolute Gasteiger partial charge is 0.480 e. The van der Waals surface area contributed by atoms with E-state index in [0.717, 1.165) is 0 Å². The number of carboxylic acid groups (broad SMARTS) is 1. The second-order valence-corrected chi connectivity index (χ2v) is 4.50. The number of amides is 3. The molecule has 1 aliphatic heterocycles. The number of aliphatic hydroxyl groups is 1. The molecule has 0 radical (unpaired) electrons. The van der Waals surface area contributed by atoms with Crippen molar-refractivity contribution in [2.75, 3.05) is 26.2 Å². The number of likely N-dealkylation sites (tertiary alicyclic amines) is 1. The van der Waals surface area contributed by atoms with E-state index < -0.39 is 30.1 Å². The fourth-order valence-corrected chi connectivity index (χ4v) is 1.62. The zero-order valence-corrected chi connectivity index (χ0v) is 10.1. The number of β-amino-alcohol motifs (C(OH)–C–C–N with tert-alkyl or cyclic N) is 1. The van der Waals surface area contributed by atoms with Gasteiger partial charge in [0.25, 0.3) is 0 Å². The summed E-state index contributed by atoms with van der Waals surface area (Å²) in [5.74, 6) is -1.72. The molecular formula is C10H17N3O5. The van der Waals surface area contributed by atoms with Gasteiger partial charge in [-0.2, -0.15) is 0 Å². The lowest BCUT2D eigenvalue weighted by Crippen LogP contribution is -2.45. The van der Waals surface area contributed by atoms with Crippen molar-refractivity contribution in [3.8, 4) is 0 Å². The van der Waals surface area contributed by atoms with Crippen LogP contribution in [-0.4, -0.2) is 64.8 Å². The second-order valence-electron chi connectivity index (χ2n) is 4.50. The Labute approximate surface area is 104 Å². The lowest BCUT2D eigenvalue weighted by Gasteiger charge is -2.19. The van der Waals surface area contributed by atoms with Crippen LogP contribution in [0.4, 0.5) is 4.79 Å². The zero-order chi connectivity index (χ0) is 13.8. The van der Waals surface area contributed by atoms with Gasteiger partial charge in [-0.15, -0.1) is 0 Å². The van der Waals surface area contributed by atoms with Crippen LogP contribution in [0.3, 0.4) is 0 Å². The van der Waals surface area contributed by atoms with Crippen molar-refractivity contribution in [3.05, 3.63) is 0 Å². The van der Waals surface area contributed by atoms with Crippen molar-refractivity contribution >= 4 is 17.9 Å². The van der Waals surface area contributed by atoms with Gasteiger partial charge in [-0.25, -0.2) is 4.79 Å². The molecule has 8 heteroatoms. The topological polar surface area (TPSA) is 119 Å². The molecular weight excluding hydrogens is 242 g/mol. The Bertz CT molecular complexity index is 355. The third-order valence-corrected chi connectivity index (χ3v) is 2.58. The number of nitrogens with zero attached hydrogens (tertiary/aromatic N) is 1. The van der Waals surface area contributed by atoms with Crippen molar-refractivity contribution in [2.45, 2.75) is 18.9 Å². The molecule has 1 rings (SSSR count). The minimum atomic E-state index is -1.15. The SMILES string of the molecule is CC1(O)CCN(C(=O)NCC(=O)NCC(=O)O)C1. The number of aliphatic carboxylic acids is 1. The normalized spacial score (nSPS) is 22.7. The first-order valence-corrected chi connectivity index (χ1v) is 5.54. The van der Waals surface area contributed by atoms with Crippen molar-refractivity contribution in [1.82, 2.24) is 15.5 Å². The summed E-state index contributed by atoms with van der Waals surface area (Å²) in [6, 6.07) is -0.446. The minimum Gasteiger partial charge on any atom is -0.480 e. The van der Waals surface area contributed by atoms with Crippen LogP contribution >= 0.6 is 0 Å². The maximum atomic E-state index is 11.6. The van der Waals surface area contributed by atoms with Gasteiger partial charge in [0.2, 0.25) is 5.91 Å². The molecule has 1 aliphatic rings. The summed E-state index contributed by atoms with van der Waals surface area (Å²) in [6.07, 6.45) is 0.492. The van der Waals surface area contributed by atoms with Crippen LogP contribution in [0.1, 0.15) is 13.3 Å². The monoisotopic (exact) mass is 259 g/mol. The molecule has 0 aromatic rings. The molecule has 102 valence electrons. The Hall–Kier alpha value is -1.83. The molecule has 0 aromatic carbocycles.